The Bertz CT molecular complexity index is 1210. The predicted molar refractivity (Wildman–Crippen MR) is 128 cm³/mol. The molecular weight excluding hydrogens is 428 g/mol. The van der Waals surface area contributed by atoms with E-state index in [4.69, 9.17) is 0 Å². The van der Waals surface area contributed by atoms with Crippen LogP contribution in [0.4, 0.5) is 0 Å². The first kappa shape index (κ1) is 22.5. The van der Waals surface area contributed by atoms with Gasteiger partial charge in [-0.25, -0.2) is 4.98 Å². The van der Waals surface area contributed by atoms with E-state index in [1.807, 2.05) is 38.1 Å². The van der Waals surface area contributed by atoms with E-state index < -0.39 is 10.6 Å². The minimum absolute atomic E-state index is 0.184. The highest BCUT2D eigenvalue weighted by atomic mass is 32.3. The first-order valence-electron chi connectivity index (χ1n) is 10.6. The Hall–Kier alpha value is -2.72. The van der Waals surface area contributed by atoms with Gasteiger partial charge in [-0.05, 0) is 49.2 Å². The number of nitrogens with one attached hydrogen (secondary N) is 1. The molecule has 0 atom stereocenters. The average molecular weight is 457 g/mol. The third-order valence-corrected chi connectivity index (χ3v) is 7.44. The Morgan fingerprint density at radius 3 is 2.62 bits per heavy atom. The average Bonchev–Trinajstić information content (AvgIpc) is 2.77. The number of benzene rings is 2. The molecule has 9 heteroatoms. The molecule has 2 heterocycles. The van der Waals surface area contributed by atoms with Crippen LogP contribution in [0.5, 0.6) is 0 Å². The second-order valence-corrected chi connectivity index (χ2v) is 10.5. The molecule has 0 aliphatic carbocycles. The molecule has 1 amide bonds. The summed E-state index contributed by atoms with van der Waals surface area (Å²) >= 11 is 0. The number of amides is 1. The third kappa shape index (κ3) is 4.71. The van der Waals surface area contributed by atoms with Gasteiger partial charge < -0.3 is 5.32 Å². The maximum absolute atomic E-state index is 13.4. The lowest BCUT2D eigenvalue weighted by atomic mass is 10.1. The van der Waals surface area contributed by atoms with Crippen molar-refractivity contribution in [3.05, 3.63) is 69.8 Å². The molecule has 1 saturated heterocycles. The van der Waals surface area contributed by atoms with Crippen molar-refractivity contribution < 1.29 is 13.9 Å². The van der Waals surface area contributed by atoms with Crippen LogP contribution >= 0.6 is 10.6 Å². The van der Waals surface area contributed by atoms with Crippen LogP contribution in [0.15, 0.2) is 47.5 Å². The fourth-order valence-electron chi connectivity index (χ4n) is 3.89. The largest absolute Gasteiger partial charge is 0.352 e. The zero-order valence-corrected chi connectivity index (χ0v) is 19.1. The third-order valence-electron chi connectivity index (χ3n) is 5.77. The molecule has 8 nitrogen and oxygen atoms in total. The van der Waals surface area contributed by atoms with E-state index in [0.29, 0.717) is 59.8 Å². The monoisotopic (exact) mass is 456 g/mol. The summed E-state index contributed by atoms with van der Waals surface area (Å²) < 4.78 is 21.1. The van der Waals surface area contributed by atoms with Gasteiger partial charge >= 0.3 is 0 Å². The van der Waals surface area contributed by atoms with Gasteiger partial charge in [-0.1, -0.05) is 12.1 Å². The zero-order chi connectivity index (χ0) is 22.9. The van der Waals surface area contributed by atoms with Crippen molar-refractivity contribution in [1.29, 1.82) is 0 Å². The van der Waals surface area contributed by atoms with Crippen LogP contribution in [-0.2, 0) is 6.54 Å². The number of aryl methyl sites for hydroxylation is 1. The normalized spacial score (nSPS) is 17.2. The Balaban J connectivity index is 1.67. The van der Waals surface area contributed by atoms with Crippen LogP contribution in [0.25, 0.3) is 16.6 Å². The van der Waals surface area contributed by atoms with Crippen molar-refractivity contribution >= 4 is 27.4 Å². The molecule has 0 spiro atoms. The van der Waals surface area contributed by atoms with Gasteiger partial charge in [-0.3, -0.25) is 28.2 Å². The smallest absolute Gasteiger partial charge is 0.265 e. The van der Waals surface area contributed by atoms with Gasteiger partial charge in [0, 0.05) is 31.7 Å². The van der Waals surface area contributed by atoms with Crippen LogP contribution in [0.1, 0.15) is 28.4 Å². The molecule has 0 unspecified atom stereocenters. The number of hydrogen-bond acceptors (Lipinski definition) is 6. The van der Waals surface area contributed by atoms with Gasteiger partial charge in [0.1, 0.15) is 6.33 Å². The number of hydrogen-bond donors (Lipinski definition) is 3. The van der Waals surface area contributed by atoms with E-state index in [9.17, 15) is 18.7 Å². The Kier molecular flexibility index (Phi) is 6.34. The lowest BCUT2D eigenvalue weighted by molar-refractivity contribution is 0.0955. The summed E-state index contributed by atoms with van der Waals surface area (Å²) in [5.41, 5.74) is 3.37. The molecule has 1 aliphatic heterocycles. The molecule has 32 heavy (non-hydrogen) atoms. The van der Waals surface area contributed by atoms with E-state index in [2.05, 4.69) is 15.2 Å². The van der Waals surface area contributed by atoms with Crippen molar-refractivity contribution in [2.45, 2.75) is 20.4 Å². The molecule has 3 aromatic rings. The van der Waals surface area contributed by atoms with Crippen LogP contribution in [0.2, 0.25) is 0 Å². The lowest BCUT2D eigenvalue weighted by Crippen LogP contribution is -2.37. The second kappa shape index (κ2) is 9.03. The summed E-state index contributed by atoms with van der Waals surface area (Å²) in [6.45, 7) is 6.14. The molecule has 1 fully saturated rings. The first-order valence-corrected chi connectivity index (χ1v) is 12.5. The number of nitrogens with zero attached hydrogens (tertiary/aromatic N) is 3. The van der Waals surface area contributed by atoms with E-state index in [1.54, 1.807) is 12.1 Å². The summed E-state index contributed by atoms with van der Waals surface area (Å²) in [6.07, 6.45) is 1.50. The van der Waals surface area contributed by atoms with Crippen molar-refractivity contribution in [3.8, 4) is 5.69 Å². The van der Waals surface area contributed by atoms with Crippen LogP contribution < -0.4 is 10.9 Å². The molecular formula is C23H28N4O4S. The summed E-state index contributed by atoms with van der Waals surface area (Å²) in [5, 5.41) is 3.29. The highest BCUT2D eigenvalue weighted by Gasteiger charge is 2.22. The predicted octanol–water partition coefficient (Wildman–Crippen LogP) is 3.01. The standard InChI is InChI=1S/C23H28N4O4S/c1-3-24-22(28)18-6-4-16(2)21(13-18)27-15-25-20-7-5-17(12-19(20)23(27)29)14-26-8-10-32(30,31)11-9-26/h4-7,12-13,15,30-31H,3,8-11,14H2,1-2H3,(H,24,28). The molecule has 0 radical (unpaired) electrons. The zero-order valence-electron chi connectivity index (χ0n) is 18.2. The van der Waals surface area contributed by atoms with E-state index in [1.165, 1.54) is 10.9 Å². The maximum Gasteiger partial charge on any atom is 0.265 e. The van der Waals surface area contributed by atoms with Crippen molar-refractivity contribution in [3.63, 3.8) is 0 Å². The SMILES string of the molecule is CCNC(=O)c1ccc(C)c(-n2cnc3ccc(CN4CCS(O)(O)CC4)cc3c2=O)c1. The van der Waals surface area contributed by atoms with Gasteiger partial charge in [-0.15, -0.1) is 0 Å². The van der Waals surface area contributed by atoms with E-state index in [0.717, 1.165) is 11.1 Å². The summed E-state index contributed by atoms with van der Waals surface area (Å²) in [5.74, 6) is 0.586. The Morgan fingerprint density at radius 1 is 1.16 bits per heavy atom. The van der Waals surface area contributed by atoms with Crippen LogP contribution in [-0.4, -0.2) is 60.6 Å². The summed E-state index contributed by atoms with van der Waals surface area (Å²) in [6, 6.07) is 10.9. The molecule has 1 aromatic heterocycles. The second-order valence-electron chi connectivity index (χ2n) is 8.12. The molecule has 0 saturated carbocycles. The topological polar surface area (TPSA) is 108 Å². The Morgan fingerprint density at radius 2 is 1.91 bits per heavy atom. The number of fused-ring (bicyclic) bond motifs is 1. The molecule has 170 valence electrons. The van der Waals surface area contributed by atoms with Gasteiger partial charge in [0.05, 0.1) is 28.1 Å². The summed E-state index contributed by atoms with van der Waals surface area (Å²) in [4.78, 5) is 32.2. The number of carbonyl (C=O) groups is 1. The quantitative estimate of drug-likeness (QED) is 0.545. The summed E-state index contributed by atoms with van der Waals surface area (Å²) in [7, 11) is -2.44. The van der Waals surface area contributed by atoms with Gasteiger partial charge in [-0.2, -0.15) is 10.6 Å². The minimum atomic E-state index is -2.44. The van der Waals surface area contributed by atoms with Crippen molar-refractivity contribution in [2.75, 3.05) is 31.1 Å². The fourth-order valence-corrected chi connectivity index (χ4v) is 5.20. The van der Waals surface area contributed by atoms with Crippen molar-refractivity contribution in [2.24, 2.45) is 0 Å². The fraction of sp³-hybridized carbons (Fsp3) is 0.348. The van der Waals surface area contributed by atoms with Gasteiger partial charge in [0.15, 0.2) is 0 Å². The van der Waals surface area contributed by atoms with Crippen LogP contribution in [0.3, 0.4) is 0 Å². The number of rotatable bonds is 5. The van der Waals surface area contributed by atoms with Gasteiger partial charge in [0.2, 0.25) is 0 Å². The van der Waals surface area contributed by atoms with E-state index in [-0.39, 0.29) is 11.5 Å². The highest BCUT2D eigenvalue weighted by Crippen LogP contribution is 2.40. The van der Waals surface area contributed by atoms with Gasteiger partial charge in [0.25, 0.3) is 11.5 Å². The lowest BCUT2D eigenvalue weighted by Gasteiger charge is -2.41. The highest BCUT2D eigenvalue weighted by molar-refractivity contribution is 8.24. The molecule has 2 aromatic carbocycles. The van der Waals surface area contributed by atoms with Crippen LogP contribution in [0, 0.1) is 6.92 Å². The minimum Gasteiger partial charge on any atom is -0.352 e. The number of carbonyl (C=O) groups excluding carboxylic acids is 1. The first-order chi connectivity index (χ1) is 15.3. The van der Waals surface area contributed by atoms with Crippen molar-refractivity contribution in [1.82, 2.24) is 19.8 Å². The molecule has 1 aliphatic rings. The molecule has 0 bridgehead atoms. The maximum atomic E-state index is 13.4. The molecule has 4 rings (SSSR count). The van der Waals surface area contributed by atoms with E-state index >= 15 is 0 Å². The number of aromatic nitrogens is 2. The Labute approximate surface area is 188 Å². The molecule has 3 N–H and O–H groups in total.